The fraction of sp³-hybridized carbons (Fsp3) is 0.462. The normalized spacial score (nSPS) is 18.1. The first kappa shape index (κ1) is 14.2. The summed E-state index contributed by atoms with van der Waals surface area (Å²) in [6.45, 7) is 4.55. The van der Waals surface area contributed by atoms with E-state index in [0.29, 0.717) is 18.9 Å². The van der Waals surface area contributed by atoms with Crippen molar-refractivity contribution in [3.63, 3.8) is 0 Å². The van der Waals surface area contributed by atoms with E-state index in [0.717, 1.165) is 13.1 Å². The summed E-state index contributed by atoms with van der Waals surface area (Å²) in [6, 6.07) is 3.63. The Labute approximate surface area is 116 Å². The maximum atomic E-state index is 12.9. The van der Waals surface area contributed by atoms with Gasteiger partial charge in [0, 0.05) is 13.1 Å². The van der Waals surface area contributed by atoms with Crippen LogP contribution in [0.4, 0.5) is 10.1 Å². The van der Waals surface area contributed by atoms with Crippen LogP contribution in [0.15, 0.2) is 18.2 Å². The molecule has 0 spiro atoms. The molecule has 0 radical (unpaired) electrons. The molecule has 0 aliphatic carbocycles. The molecule has 19 heavy (non-hydrogen) atoms. The summed E-state index contributed by atoms with van der Waals surface area (Å²) in [7, 11) is 0. The minimum Gasteiger partial charge on any atom is -0.379 e. The summed E-state index contributed by atoms with van der Waals surface area (Å²) in [5.74, 6) is -0.584. The van der Waals surface area contributed by atoms with Gasteiger partial charge in [0.15, 0.2) is 0 Å². The number of morpholine rings is 1. The van der Waals surface area contributed by atoms with E-state index in [1.165, 1.54) is 18.2 Å². The van der Waals surface area contributed by atoms with Crippen molar-refractivity contribution in [1.29, 1.82) is 0 Å². The molecule has 1 amide bonds. The van der Waals surface area contributed by atoms with Gasteiger partial charge < -0.3 is 10.1 Å². The Morgan fingerprint density at radius 3 is 2.79 bits per heavy atom. The Bertz CT molecular complexity index is 464. The fourth-order valence-corrected chi connectivity index (χ4v) is 2.17. The number of anilines is 1. The number of benzene rings is 1. The first-order chi connectivity index (χ1) is 9.08. The Kier molecular flexibility index (Phi) is 4.74. The van der Waals surface area contributed by atoms with Crippen molar-refractivity contribution in [1.82, 2.24) is 4.90 Å². The van der Waals surface area contributed by atoms with Crippen molar-refractivity contribution in [2.75, 3.05) is 31.6 Å². The Morgan fingerprint density at radius 2 is 2.16 bits per heavy atom. The van der Waals surface area contributed by atoms with Gasteiger partial charge in [-0.05, 0) is 25.1 Å². The molecule has 1 aromatic rings. The van der Waals surface area contributed by atoms with E-state index in [4.69, 9.17) is 16.3 Å². The van der Waals surface area contributed by atoms with Gasteiger partial charge in [0.1, 0.15) is 5.82 Å². The fourth-order valence-electron chi connectivity index (χ4n) is 1.96. The van der Waals surface area contributed by atoms with E-state index in [1.807, 2.05) is 11.8 Å². The molecule has 2 rings (SSSR count). The zero-order valence-electron chi connectivity index (χ0n) is 10.7. The molecule has 1 aliphatic heterocycles. The minimum atomic E-state index is -0.427. The topological polar surface area (TPSA) is 41.6 Å². The van der Waals surface area contributed by atoms with E-state index in [-0.39, 0.29) is 17.0 Å². The second-order valence-electron chi connectivity index (χ2n) is 4.44. The summed E-state index contributed by atoms with van der Waals surface area (Å²) in [5.41, 5.74) is 0.424. The molecule has 1 aromatic carbocycles. The SMILES string of the molecule is C[C@@H](C(=O)Nc1ccc(F)cc1Cl)N1CCOCC1. The minimum absolute atomic E-state index is 0.157. The monoisotopic (exact) mass is 286 g/mol. The zero-order valence-corrected chi connectivity index (χ0v) is 11.4. The van der Waals surface area contributed by atoms with Gasteiger partial charge in [-0.2, -0.15) is 0 Å². The molecule has 1 atom stereocenters. The molecule has 4 nitrogen and oxygen atoms in total. The number of ether oxygens (including phenoxy) is 1. The molecule has 1 N–H and O–H groups in total. The van der Waals surface area contributed by atoms with Crippen molar-refractivity contribution in [3.8, 4) is 0 Å². The third-order valence-corrected chi connectivity index (χ3v) is 3.47. The van der Waals surface area contributed by atoms with Gasteiger partial charge in [-0.1, -0.05) is 11.6 Å². The van der Waals surface area contributed by atoms with Crippen LogP contribution in [-0.4, -0.2) is 43.2 Å². The molecule has 1 heterocycles. The number of nitrogens with zero attached hydrogens (tertiary/aromatic N) is 1. The van der Waals surface area contributed by atoms with Crippen LogP contribution in [0.1, 0.15) is 6.92 Å². The van der Waals surface area contributed by atoms with Crippen LogP contribution in [0.25, 0.3) is 0 Å². The highest BCUT2D eigenvalue weighted by atomic mass is 35.5. The average molecular weight is 287 g/mol. The van der Waals surface area contributed by atoms with Gasteiger partial charge in [0.05, 0.1) is 30.0 Å². The molecule has 1 aliphatic rings. The van der Waals surface area contributed by atoms with E-state index in [2.05, 4.69) is 5.32 Å². The highest BCUT2D eigenvalue weighted by Gasteiger charge is 2.23. The second kappa shape index (κ2) is 6.32. The summed E-state index contributed by atoms with van der Waals surface area (Å²) in [4.78, 5) is 14.1. The highest BCUT2D eigenvalue weighted by molar-refractivity contribution is 6.33. The maximum Gasteiger partial charge on any atom is 0.241 e. The highest BCUT2D eigenvalue weighted by Crippen LogP contribution is 2.22. The number of hydrogen-bond donors (Lipinski definition) is 1. The molecular formula is C13H16ClFN2O2. The molecule has 0 unspecified atom stereocenters. The summed E-state index contributed by atoms with van der Waals surface area (Å²) in [5, 5.41) is 2.91. The van der Waals surface area contributed by atoms with Gasteiger partial charge in [-0.3, -0.25) is 9.69 Å². The standard InChI is InChI=1S/C13H16ClFN2O2/c1-9(17-4-6-19-7-5-17)13(18)16-12-3-2-10(15)8-11(12)14/h2-3,8-9H,4-7H2,1H3,(H,16,18)/t9-/m0/s1. The summed E-state index contributed by atoms with van der Waals surface area (Å²) < 4.78 is 18.2. The summed E-state index contributed by atoms with van der Waals surface area (Å²) >= 11 is 5.88. The third-order valence-electron chi connectivity index (χ3n) is 3.16. The van der Waals surface area contributed by atoms with Crippen LogP contribution in [0.3, 0.4) is 0 Å². The van der Waals surface area contributed by atoms with Crippen molar-refractivity contribution in [2.24, 2.45) is 0 Å². The van der Waals surface area contributed by atoms with Crippen LogP contribution in [0.5, 0.6) is 0 Å². The molecule has 104 valence electrons. The van der Waals surface area contributed by atoms with E-state index >= 15 is 0 Å². The third kappa shape index (κ3) is 3.65. The lowest BCUT2D eigenvalue weighted by Gasteiger charge is -2.31. The van der Waals surface area contributed by atoms with Crippen molar-refractivity contribution in [3.05, 3.63) is 29.0 Å². The lowest BCUT2D eigenvalue weighted by atomic mass is 10.2. The van der Waals surface area contributed by atoms with Crippen LogP contribution in [-0.2, 0) is 9.53 Å². The molecule has 1 fully saturated rings. The van der Waals surface area contributed by atoms with Crippen molar-refractivity contribution in [2.45, 2.75) is 13.0 Å². The predicted molar refractivity (Wildman–Crippen MR) is 71.9 cm³/mol. The number of nitrogens with one attached hydrogen (secondary N) is 1. The number of amides is 1. The van der Waals surface area contributed by atoms with Crippen molar-refractivity contribution < 1.29 is 13.9 Å². The maximum absolute atomic E-state index is 12.9. The first-order valence-corrected chi connectivity index (χ1v) is 6.53. The Balaban J connectivity index is 1.99. The first-order valence-electron chi connectivity index (χ1n) is 6.15. The smallest absolute Gasteiger partial charge is 0.241 e. The molecule has 0 aromatic heterocycles. The van der Waals surface area contributed by atoms with E-state index in [9.17, 15) is 9.18 Å². The lowest BCUT2D eigenvalue weighted by molar-refractivity contribution is -0.122. The Hall–Kier alpha value is -1.17. The number of rotatable bonds is 3. The number of hydrogen-bond acceptors (Lipinski definition) is 3. The molecule has 0 saturated carbocycles. The largest absolute Gasteiger partial charge is 0.379 e. The number of halogens is 2. The quantitative estimate of drug-likeness (QED) is 0.926. The second-order valence-corrected chi connectivity index (χ2v) is 4.84. The molecular weight excluding hydrogens is 271 g/mol. The average Bonchev–Trinajstić information content (AvgIpc) is 2.42. The Morgan fingerprint density at radius 1 is 1.47 bits per heavy atom. The summed E-state index contributed by atoms with van der Waals surface area (Å²) in [6.07, 6.45) is 0. The van der Waals surface area contributed by atoms with Gasteiger partial charge in [0.2, 0.25) is 5.91 Å². The number of carbonyl (C=O) groups excluding carboxylic acids is 1. The van der Waals surface area contributed by atoms with Gasteiger partial charge >= 0.3 is 0 Å². The van der Waals surface area contributed by atoms with Gasteiger partial charge in [-0.15, -0.1) is 0 Å². The molecule has 1 saturated heterocycles. The zero-order chi connectivity index (χ0) is 13.8. The van der Waals surface area contributed by atoms with Gasteiger partial charge in [-0.25, -0.2) is 4.39 Å². The van der Waals surface area contributed by atoms with Crippen LogP contribution < -0.4 is 5.32 Å². The van der Waals surface area contributed by atoms with Crippen LogP contribution >= 0.6 is 11.6 Å². The van der Waals surface area contributed by atoms with E-state index < -0.39 is 5.82 Å². The van der Waals surface area contributed by atoms with Crippen LogP contribution in [0.2, 0.25) is 5.02 Å². The van der Waals surface area contributed by atoms with Crippen LogP contribution in [0, 0.1) is 5.82 Å². The number of carbonyl (C=O) groups is 1. The van der Waals surface area contributed by atoms with E-state index in [1.54, 1.807) is 0 Å². The molecule has 0 bridgehead atoms. The van der Waals surface area contributed by atoms with Crippen molar-refractivity contribution >= 4 is 23.2 Å². The lowest BCUT2D eigenvalue weighted by Crippen LogP contribution is -2.47. The molecule has 6 heteroatoms. The van der Waals surface area contributed by atoms with Gasteiger partial charge in [0.25, 0.3) is 0 Å². The predicted octanol–water partition coefficient (Wildman–Crippen LogP) is 2.14.